The summed E-state index contributed by atoms with van der Waals surface area (Å²) >= 11 is 7.30. The van der Waals surface area contributed by atoms with Gasteiger partial charge in [-0.05, 0) is 42.8 Å². The van der Waals surface area contributed by atoms with Crippen LogP contribution in [0, 0.1) is 12.7 Å². The summed E-state index contributed by atoms with van der Waals surface area (Å²) < 4.78 is 14.6. The summed E-state index contributed by atoms with van der Waals surface area (Å²) in [4.78, 5) is 16.3. The van der Waals surface area contributed by atoms with Crippen LogP contribution in [0.3, 0.4) is 0 Å². The van der Waals surface area contributed by atoms with Crippen molar-refractivity contribution in [1.82, 2.24) is 4.98 Å². The number of nitrogens with zero attached hydrogens (tertiary/aromatic N) is 1. The lowest BCUT2D eigenvalue weighted by atomic mass is 10.2. The van der Waals surface area contributed by atoms with Gasteiger partial charge in [-0.25, -0.2) is 9.37 Å². The summed E-state index contributed by atoms with van der Waals surface area (Å²) in [7, 11) is 0. The first-order valence-electron chi connectivity index (χ1n) is 6.83. The van der Waals surface area contributed by atoms with Crippen LogP contribution in [-0.4, -0.2) is 10.9 Å². The third-order valence-corrected chi connectivity index (χ3v) is 4.44. The number of carbonyl (C=O) groups excluding carboxylic acids is 1. The molecule has 0 radical (unpaired) electrons. The molecular formula is C17H12ClFN2OS. The van der Waals surface area contributed by atoms with E-state index in [4.69, 9.17) is 11.6 Å². The van der Waals surface area contributed by atoms with Crippen LogP contribution in [0.15, 0.2) is 42.5 Å². The number of hydrogen-bond acceptors (Lipinski definition) is 3. The van der Waals surface area contributed by atoms with E-state index in [1.54, 1.807) is 6.07 Å². The van der Waals surface area contributed by atoms with E-state index in [-0.39, 0.29) is 16.5 Å². The average Bonchev–Trinajstić information content (AvgIpc) is 2.88. The van der Waals surface area contributed by atoms with E-state index in [9.17, 15) is 9.18 Å². The van der Waals surface area contributed by atoms with Crippen molar-refractivity contribution < 1.29 is 9.18 Å². The molecule has 3 aromatic rings. The van der Waals surface area contributed by atoms with Gasteiger partial charge in [-0.15, -0.1) is 0 Å². The molecule has 0 aliphatic carbocycles. The van der Waals surface area contributed by atoms with E-state index in [0.29, 0.717) is 5.13 Å². The fraction of sp³-hybridized carbons (Fsp3) is 0.0588. The minimum absolute atomic E-state index is 0.184. The Bertz CT molecular complexity index is 900. The largest absolute Gasteiger partial charge is 0.298 e. The second-order valence-corrected chi connectivity index (χ2v) is 6.39. The van der Waals surface area contributed by atoms with Crippen LogP contribution in [0.25, 0.3) is 16.3 Å². The molecule has 23 heavy (non-hydrogen) atoms. The molecule has 0 fully saturated rings. The molecule has 3 nitrogen and oxygen atoms in total. The van der Waals surface area contributed by atoms with Crippen LogP contribution in [-0.2, 0) is 4.79 Å². The molecule has 0 bridgehead atoms. The number of fused-ring (bicyclic) bond motifs is 1. The number of anilines is 1. The third kappa shape index (κ3) is 3.57. The minimum Gasteiger partial charge on any atom is -0.298 e. The van der Waals surface area contributed by atoms with Crippen LogP contribution in [0.2, 0.25) is 5.02 Å². The molecule has 1 heterocycles. The summed E-state index contributed by atoms with van der Waals surface area (Å²) in [5.74, 6) is -0.864. The number of nitrogens with one attached hydrogen (secondary N) is 1. The molecule has 0 spiro atoms. The predicted octanol–water partition coefficient (Wildman–Crippen LogP) is 5.05. The Hall–Kier alpha value is -2.24. The first-order chi connectivity index (χ1) is 11.0. The number of aromatic nitrogens is 1. The maximum Gasteiger partial charge on any atom is 0.250 e. The van der Waals surface area contributed by atoms with Crippen LogP contribution < -0.4 is 5.32 Å². The van der Waals surface area contributed by atoms with Crippen LogP contribution in [0.1, 0.15) is 11.1 Å². The van der Waals surface area contributed by atoms with Crippen molar-refractivity contribution in [3.63, 3.8) is 0 Å². The van der Waals surface area contributed by atoms with E-state index in [1.165, 1.54) is 35.6 Å². The van der Waals surface area contributed by atoms with Gasteiger partial charge in [-0.1, -0.05) is 35.1 Å². The SMILES string of the molecule is Cc1ccc2nc(NC(=O)/C=C/c3c(F)cccc3Cl)sc2c1. The van der Waals surface area contributed by atoms with Gasteiger partial charge in [0.25, 0.3) is 0 Å². The summed E-state index contributed by atoms with van der Waals surface area (Å²) in [6.07, 6.45) is 2.59. The Morgan fingerprint density at radius 1 is 1.35 bits per heavy atom. The second-order valence-electron chi connectivity index (χ2n) is 4.95. The quantitative estimate of drug-likeness (QED) is 0.674. The Balaban J connectivity index is 1.77. The maximum absolute atomic E-state index is 13.6. The number of aryl methyl sites for hydroxylation is 1. The summed E-state index contributed by atoms with van der Waals surface area (Å²) in [6, 6.07) is 10.3. The molecule has 0 aliphatic rings. The highest BCUT2D eigenvalue weighted by Crippen LogP contribution is 2.26. The van der Waals surface area contributed by atoms with Gasteiger partial charge < -0.3 is 0 Å². The third-order valence-electron chi connectivity index (χ3n) is 3.18. The molecular weight excluding hydrogens is 335 g/mol. The molecule has 0 saturated heterocycles. The summed E-state index contributed by atoms with van der Waals surface area (Å²) in [5.41, 5.74) is 2.15. The summed E-state index contributed by atoms with van der Waals surface area (Å²) in [6.45, 7) is 2.00. The zero-order valence-corrected chi connectivity index (χ0v) is 13.7. The number of benzene rings is 2. The normalized spacial score (nSPS) is 11.3. The van der Waals surface area contributed by atoms with E-state index in [0.717, 1.165) is 15.8 Å². The average molecular weight is 347 g/mol. The van der Waals surface area contributed by atoms with Gasteiger partial charge in [0, 0.05) is 11.6 Å². The van der Waals surface area contributed by atoms with Gasteiger partial charge in [0.1, 0.15) is 5.82 Å². The van der Waals surface area contributed by atoms with Crippen molar-refractivity contribution in [2.75, 3.05) is 5.32 Å². The van der Waals surface area contributed by atoms with Gasteiger partial charge in [0.15, 0.2) is 5.13 Å². The number of hydrogen-bond donors (Lipinski definition) is 1. The topological polar surface area (TPSA) is 42.0 Å². The fourth-order valence-corrected chi connectivity index (χ4v) is 3.25. The van der Waals surface area contributed by atoms with E-state index >= 15 is 0 Å². The molecule has 1 amide bonds. The van der Waals surface area contributed by atoms with Crippen LogP contribution in [0.4, 0.5) is 9.52 Å². The van der Waals surface area contributed by atoms with E-state index in [1.807, 2.05) is 25.1 Å². The molecule has 0 unspecified atom stereocenters. The standard InChI is InChI=1S/C17H12ClFN2OS/c1-10-5-7-14-15(9-10)23-17(20-14)21-16(22)8-6-11-12(18)3-2-4-13(11)19/h2-9H,1H3,(H,20,21,22)/b8-6+. The molecule has 116 valence electrons. The van der Waals surface area contributed by atoms with Gasteiger partial charge >= 0.3 is 0 Å². The van der Waals surface area contributed by atoms with Crippen molar-refractivity contribution >= 4 is 50.3 Å². The summed E-state index contributed by atoms with van der Waals surface area (Å²) in [5, 5.41) is 3.43. The number of halogens is 2. The Morgan fingerprint density at radius 2 is 2.17 bits per heavy atom. The van der Waals surface area contributed by atoms with Gasteiger partial charge in [0.05, 0.1) is 15.2 Å². The van der Waals surface area contributed by atoms with Crippen LogP contribution in [0.5, 0.6) is 0 Å². The maximum atomic E-state index is 13.6. The number of thiazole rings is 1. The smallest absolute Gasteiger partial charge is 0.250 e. The highest BCUT2D eigenvalue weighted by molar-refractivity contribution is 7.22. The second kappa shape index (κ2) is 6.48. The monoisotopic (exact) mass is 346 g/mol. The van der Waals surface area contributed by atoms with Gasteiger partial charge in [-0.2, -0.15) is 0 Å². The lowest BCUT2D eigenvalue weighted by molar-refractivity contribution is -0.111. The van der Waals surface area contributed by atoms with Crippen molar-refractivity contribution in [2.24, 2.45) is 0 Å². The number of amides is 1. The lowest BCUT2D eigenvalue weighted by Gasteiger charge is -1.99. The lowest BCUT2D eigenvalue weighted by Crippen LogP contribution is -2.07. The highest BCUT2D eigenvalue weighted by Gasteiger charge is 2.07. The molecule has 2 aromatic carbocycles. The number of carbonyl (C=O) groups is 1. The zero-order valence-electron chi connectivity index (χ0n) is 12.1. The minimum atomic E-state index is -0.475. The Morgan fingerprint density at radius 3 is 2.96 bits per heavy atom. The number of rotatable bonds is 3. The van der Waals surface area contributed by atoms with Crippen molar-refractivity contribution in [3.8, 4) is 0 Å². The Labute approximate surface area is 141 Å². The molecule has 1 aromatic heterocycles. The molecule has 0 aliphatic heterocycles. The van der Waals surface area contributed by atoms with Crippen molar-refractivity contribution in [1.29, 1.82) is 0 Å². The molecule has 3 rings (SSSR count). The van der Waals surface area contributed by atoms with E-state index in [2.05, 4.69) is 10.3 Å². The van der Waals surface area contributed by atoms with Crippen LogP contribution >= 0.6 is 22.9 Å². The Kier molecular flexibility index (Phi) is 4.41. The van der Waals surface area contributed by atoms with Crippen molar-refractivity contribution in [2.45, 2.75) is 6.92 Å². The molecule has 0 atom stereocenters. The van der Waals surface area contributed by atoms with Crippen molar-refractivity contribution in [3.05, 3.63) is 64.4 Å². The fourth-order valence-electron chi connectivity index (χ4n) is 2.06. The zero-order chi connectivity index (χ0) is 16.4. The first-order valence-corrected chi connectivity index (χ1v) is 8.02. The molecule has 1 N–H and O–H groups in total. The van der Waals surface area contributed by atoms with Gasteiger partial charge in [-0.3, -0.25) is 10.1 Å². The molecule has 0 saturated carbocycles. The van der Waals surface area contributed by atoms with E-state index < -0.39 is 5.82 Å². The first kappa shape index (κ1) is 15.6. The van der Waals surface area contributed by atoms with Gasteiger partial charge in [0.2, 0.25) is 5.91 Å². The predicted molar refractivity (Wildman–Crippen MR) is 93.4 cm³/mol. The molecule has 6 heteroatoms. The highest BCUT2D eigenvalue weighted by atomic mass is 35.5.